The van der Waals surface area contributed by atoms with Gasteiger partial charge in [0.25, 0.3) is 5.56 Å². The molecule has 0 fully saturated rings. The van der Waals surface area contributed by atoms with Gasteiger partial charge in [0.15, 0.2) is 10.9 Å². The number of hydrogen-bond acceptors (Lipinski definition) is 3. The lowest BCUT2D eigenvalue weighted by atomic mass is 9.87. The zero-order chi connectivity index (χ0) is 18.6. The molecule has 2 aliphatic heterocycles. The Hall–Kier alpha value is -2.79. The molecule has 2 heterocycles. The average molecular weight is 369 g/mol. The van der Waals surface area contributed by atoms with Gasteiger partial charge in [0.2, 0.25) is 5.42 Å². The van der Waals surface area contributed by atoms with Crippen LogP contribution in [0.25, 0.3) is 16.8 Å². The molecule has 0 saturated carbocycles. The Morgan fingerprint density at radius 2 is 1.69 bits per heavy atom. The average Bonchev–Trinajstić information content (AvgIpc) is 2.83. The van der Waals surface area contributed by atoms with Crippen molar-refractivity contribution in [2.75, 3.05) is 0 Å². The van der Waals surface area contributed by atoms with Gasteiger partial charge in [0.05, 0.1) is 11.2 Å². The summed E-state index contributed by atoms with van der Waals surface area (Å²) in [6.07, 6.45) is 0. The van der Waals surface area contributed by atoms with Crippen LogP contribution in [0.1, 0.15) is 26.3 Å². The smallest absolute Gasteiger partial charge is 0.303 e. The van der Waals surface area contributed by atoms with E-state index in [1.165, 1.54) is 0 Å². The van der Waals surface area contributed by atoms with Crippen LogP contribution in [0, 0.1) is 10.8 Å². The van der Waals surface area contributed by atoms with E-state index in [9.17, 15) is 9.59 Å². The number of hydrogen-bond donors (Lipinski definition) is 1. The molecule has 5 nitrogen and oxygen atoms in total. The molecule has 6 heteroatoms. The van der Waals surface area contributed by atoms with Crippen molar-refractivity contribution < 1.29 is 4.42 Å². The van der Waals surface area contributed by atoms with Crippen molar-refractivity contribution in [1.29, 1.82) is 0 Å². The van der Waals surface area contributed by atoms with Crippen LogP contribution >= 0.6 is 11.6 Å². The summed E-state index contributed by atoms with van der Waals surface area (Å²) in [5.74, 6) is 0. The first-order valence-electron chi connectivity index (χ1n) is 8.24. The van der Waals surface area contributed by atoms with Crippen LogP contribution in [0.2, 0.25) is 5.02 Å². The van der Waals surface area contributed by atoms with Gasteiger partial charge >= 0.3 is 5.56 Å². The topological polar surface area (TPSA) is 68.0 Å². The number of H-pyrrole nitrogens is 1. The molecule has 26 heavy (non-hydrogen) atoms. The van der Waals surface area contributed by atoms with Crippen LogP contribution in [-0.4, -0.2) is 9.55 Å². The zero-order valence-corrected chi connectivity index (χ0v) is 15.3. The van der Waals surface area contributed by atoms with Crippen molar-refractivity contribution in [1.82, 2.24) is 9.55 Å². The lowest BCUT2D eigenvalue weighted by Crippen LogP contribution is -2.24. The molecule has 0 unspecified atom stereocenters. The van der Waals surface area contributed by atoms with Crippen molar-refractivity contribution >= 4 is 22.7 Å². The molecule has 0 spiro atoms. The Morgan fingerprint density at radius 1 is 1.00 bits per heavy atom. The van der Waals surface area contributed by atoms with E-state index < -0.39 is 11.1 Å². The largest absolute Gasteiger partial charge is 0.447 e. The summed E-state index contributed by atoms with van der Waals surface area (Å²) < 4.78 is 6.85. The van der Waals surface area contributed by atoms with Crippen LogP contribution in [0.15, 0.2) is 56.5 Å². The van der Waals surface area contributed by atoms with Crippen molar-refractivity contribution in [3.05, 3.63) is 84.5 Å². The minimum atomic E-state index is -0.495. The highest BCUT2D eigenvalue weighted by Crippen LogP contribution is 2.25. The molecule has 2 aromatic rings. The fourth-order valence-corrected chi connectivity index (χ4v) is 3.09. The number of nitrogens with zero attached hydrogens (tertiary/aromatic N) is 1. The Morgan fingerprint density at radius 3 is 2.35 bits per heavy atom. The summed E-state index contributed by atoms with van der Waals surface area (Å²) in [6, 6.07) is 12.2. The number of aromatic amines is 1. The van der Waals surface area contributed by atoms with E-state index in [0.717, 1.165) is 10.1 Å². The van der Waals surface area contributed by atoms with Gasteiger partial charge in [0.1, 0.15) is 0 Å². The normalized spacial score (nSPS) is 12.2. The van der Waals surface area contributed by atoms with E-state index in [-0.39, 0.29) is 16.2 Å². The maximum absolute atomic E-state index is 12.8. The van der Waals surface area contributed by atoms with Crippen LogP contribution in [-0.2, 0) is 5.41 Å². The monoisotopic (exact) mass is 368 g/mol. The van der Waals surface area contributed by atoms with Gasteiger partial charge in [-0.3, -0.25) is 9.59 Å². The Bertz CT molecular complexity index is 1310. The molecule has 0 amide bonds. The van der Waals surface area contributed by atoms with E-state index in [1.807, 2.05) is 18.2 Å². The van der Waals surface area contributed by atoms with E-state index >= 15 is 0 Å². The summed E-state index contributed by atoms with van der Waals surface area (Å²) in [6.45, 7) is 6.32. The second-order valence-corrected chi connectivity index (χ2v) is 7.75. The standard InChI is InChI=1S/C20H17ClN2O3/c1-20(2,3)11-4-9-15-14(10-11)22-16-17(26-15)19(25)23(18(16)24)13-7-5-12(21)6-8-13/h4-10,22H,1-3H3. The molecule has 1 N–H and O–H groups in total. The van der Waals surface area contributed by atoms with Gasteiger partial charge in [-0.15, -0.1) is 0 Å². The predicted octanol–water partition coefficient (Wildman–Crippen LogP) is 3.95. The summed E-state index contributed by atoms with van der Waals surface area (Å²) >= 11 is 5.89. The zero-order valence-electron chi connectivity index (χ0n) is 14.6. The molecule has 2 aromatic carbocycles. The number of fused-ring (bicyclic) bond motifs is 1. The van der Waals surface area contributed by atoms with Crippen LogP contribution in [0.4, 0.5) is 0 Å². The molecule has 2 aliphatic rings. The third kappa shape index (κ3) is 2.56. The van der Waals surface area contributed by atoms with E-state index in [4.69, 9.17) is 16.0 Å². The maximum atomic E-state index is 12.8. The Kier molecular flexibility index (Phi) is 3.59. The lowest BCUT2D eigenvalue weighted by Gasteiger charge is -2.18. The van der Waals surface area contributed by atoms with Crippen molar-refractivity contribution in [2.24, 2.45) is 0 Å². The third-order valence-corrected chi connectivity index (χ3v) is 4.70. The highest BCUT2D eigenvalue weighted by Gasteiger charge is 2.17. The predicted molar refractivity (Wildman–Crippen MR) is 101 cm³/mol. The summed E-state index contributed by atoms with van der Waals surface area (Å²) in [5, 5.41) is 0.686. The fraction of sp³-hybridized carbons (Fsp3) is 0.200. The van der Waals surface area contributed by atoms with E-state index in [0.29, 0.717) is 21.8 Å². The molecule has 0 saturated heterocycles. The van der Waals surface area contributed by atoms with Gasteiger partial charge in [-0.05, 0) is 47.4 Å². The molecule has 0 aromatic heterocycles. The molecule has 0 aliphatic carbocycles. The number of rotatable bonds is 1. The highest BCUT2D eigenvalue weighted by atomic mass is 35.5. The van der Waals surface area contributed by atoms with Crippen LogP contribution < -0.4 is 11.1 Å². The van der Waals surface area contributed by atoms with E-state index in [2.05, 4.69) is 25.8 Å². The number of aromatic nitrogens is 2. The molecule has 4 rings (SSSR count). The number of benzene rings is 2. The van der Waals surface area contributed by atoms with Crippen LogP contribution in [0.3, 0.4) is 0 Å². The number of halogens is 1. The first kappa shape index (κ1) is 16.7. The fourth-order valence-electron chi connectivity index (χ4n) is 2.97. The minimum absolute atomic E-state index is 0.0148. The quantitative estimate of drug-likeness (QED) is 0.553. The highest BCUT2D eigenvalue weighted by molar-refractivity contribution is 6.30. The molecular weight excluding hydrogens is 352 g/mol. The SMILES string of the molecule is CC(C)(C)c1ccc2oc3c(=O)n(-c4ccc(Cl)cc4)c(=O)c=3[nH]c2c1. The number of nitrogens with one attached hydrogen (secondary N) is 1. The van der Waals surface area contributed by atoms with Crippen LogP contribution in [0.5, 0.6) is 0 Å². The third-order valence-electron chi connectivity index (χ3n) is 4.44. The summed E-state index contributed by atoms with van der Waals surface area (Å²) in [4.78, 5) is 28.6. The van der Waals surface area contributed by atoms with Gasteiger partial charge in [-0.2, -0.15) is 0 Å². The van der Waals surface area contributed by atoms with Gasteiger partial charge in [-0.1, -0.05) is 38.4 Å². The molecule has 0 bridgehead atoms. The molecule has 132 valence electrons. The molecule has 0 atom stereocenters. The maximum Gasteiger partial charge on any atom is 0.303 e. The second-order valence-electron chi connectivity index (χ2n) is 7.31. The first-order chi connectivity index (χ1) is 12.3. The Labute approximate surface area is 153 Å². The van der Waals surface area contributed by atoms with Gasteiger partial charge < -0.3 is 9.40 Å². The van der Waals surface area contributed by atoms with Gasteiger partial charge in [0, 0.05) is 5.02 Å². The van der Waals surface area contributed by atoms with Crippen molar-refractivity contribution in [3.63, 3.8) is 0 Å². The summed E-state index contributed by atoms with van der Waals surface area (Å²) in [5.41, 5.74) is 1.78. The molecular formula is C20H17ClN2O3. The first-order valence-corrected chi connectivity index (χ1v) is 8.61. The molecule has 0 radical (unpaired) electrons. The second kappa shape index (κ2) is 5.61. The van der Waals surface area contributed by atoms with Crippen molar-refractivity contribution in [2.45, 2.75) is 26.2 Å². The van der Waals surface area contributed by atoms with Gasteiger partial charge in [-0.25, -0.2) is 4.57 Å². The summed E-state index contributed by atoms with van der Waals surface area (Å²) in [7, 11) is 0. The Balaban J connectivity index is 2.04. The van der Waals surface area contributed by atoms with E-state index in [1.54, 1.807) is 24.3 Å². The lowest BCUT2D eigenvalue weighted by molar-refractivity contribution is 0.553. The van der Waals surface area contributed by atoms with Crippen molar-refractivity contribution in [3.8, 4) is 5.69 Å². The minimum Gasteiger partial charge on any atom is -0.447 e.